The summed E-state index contributed by atoms with van der Waals surface area (Å²) in [6.07, 6.45) is 2.62. The van der Waals surface area contributed by atoms with Gasteiger partial charge in [-0.15, -0.1) is 11.3 Å². The van der Waals surface area contributed by atoms with Gasteiger partial charge in [-0.1, -0.05) is 46.3 Å². The number of amides is 1. The maximum absolute atomic E-state index is 12.0. The number of rotatable bonds is 6. The van der Waals surface area contributed by atoms with Crippen LogP contribution in [-0.4, -0.2) is 17.4 Å². The highest BCUT2D eigenvalue weighted by Crippen LogP contribution is 2.22. The first-order chi connectivity index (χ1) is 11.7. The van der Waals surface area contributed by atoms with Crippen LogP contribution in [-0.2, 0) is 11.2 Å². The number of thiazole rings is 1. The zero-order valence-electron chi connectivity index (χ0n) is 12.8. The largest absolute Gasteiger partial charge is 0.376 e. The molecule has 1 heterocycles. The number of hydrogen-bond donors (Lipinski definition) is 2. The monoisotopic (exact) mass is 401 g/mol. The minimum absolute atomic E-state index is 0.108. The van der Waals surface area contributed by atoms with Crippen molar-refractivity contribution >= 4 is 44.0 Å². The molecule has 122 valence electrons. The second-order valence-corrected chi connectivity index (χ2v) is 7.23. The van der Waals surface area contributed by atoms with Gasteiger partial charge in [0.1, 0.15) is 0 Å². The van der Waals surface area contributed by atoms with Crippen LogP contribution in [0.4, 0.5) is 10.8 Å². The molecule has 4 nitrogen and oxygen atoms in total. The Bertz CT molecular complexity index is 803. The van der Waals surface area contributed by atoms with Crippen molar-refractivity contribution in [3.63, 3.8) is 0 Å². The Hall–Kier alpha value is -2.18. The Morgan fingerprint density at radius 1 is 1.08 bits per heavy atom. The number of nitrogens with one attached hydrogen (secondary N) is 2. The lowest BCUT2D eigenvalue weighted by molar-refractivity contribution is -0.114. The first-order valence-electron chi connectivity index (χ1n) is 7.47. The van der Waals surface area contributed by atoms with Gasteiger partial charge in [-0.3, -0.25) is 4.79 Å². The van der Waals surface area contributed by atoms with Gasteiger partial charge in [-0.05, 0) is 29.8 Å². The average Bonchev–Trinajstić information content (AvgIpc) is 3.03. The Morgan fingerprint density at radius 3 is 2.58 bits per heavy atom. The summed E-state index contributed by atoms with van der Waals surface area (Å²) in [6.45, 7) is 0.214. The van der Waals surface area contributed by atoms with Gasteiger partial charge in [0.15, 0.2) is 5.13 Å². The summed E-state index contributed by atoms with van der Waals surface area (Å²) in [5.74, 6) is -0.108. The highest BCUT2D eigenvalue weighted by Gasteiger charge is 2.07. The molecule has 3 aromatic rings. The molecular formula is C18H16BrN3OS. The molecule has 0 radical (unpaired) electrons. The fraction of sp³-hybridized carbons (Fsp3) is 0.111. The molecule has 6 heteroatoms. The van der Waals surface area contributed by atoms with Gasteiger partial charge in [0.05, 0.1) is 6.54 Å². The highest BCUT2D eigenvalue weighted by atomic mass is 79.9. The Morgan fingerprint density at radius 2 is 1.83 bits per heavy atom. The van der Waals surface area contributed by atoms with Crippen LogP contribution in [0.5, 0.6) is 0 Å². The summed E-state index contributed by atoms with van der Waals surface area (Å²) < 4.78 is 1.06. The average molecular weight is 402 g/mol. The van der Waals surface area contributed by atoms with Gasteiger partial charge in [0.2, 0.25) is 5.91 Å². The summed E-state index contributed by atoms with van der Waals surface area (Å²) >= 11 is 4.93. The highest BCUT2D eigenvalue weighted by molar-refractivity contribution is 9.10. The van der Waals surface area contributed by atoms with Crippen LogP contribution in [0, 0.1) is 0 Å². The second kappa shape index (κ2) is 8.08. The van der Waals surface area contributed by atoms with Gasteiger partial charge in [-0.2, -0.15) is 0 Å². The number of hydrogen-bond acceptors (Lipinski definition) is 4. The number of carbonyl (C=O) groups excluding carboxylic acids is 1. The number of para-hydroxylation sites is 1. The first kappa shape index (κ1) is 16.7. The Labute approximate surface area is 153 Å². The third-order valence-corrected chi connectivity index (χ3v) is 4.76. The summed E-state index contributed by atoms with van der Waals surface area (Å²) in [4.78, 5) is 17.4. The van der Waals surface area contributed by atoms with Crippen molar-refractivity contribution in [3.8, 4) is 0 Å². The Balaban J connectivity index is 1.51. The minimum atomic E-state index is -0.108. The van der Waals surface area contributed by atoms with Gasteiger partial charge in [0, 0.05) is 27.7 Å². The predicted molar refractivity (Wildman–Crippen MR) is 103 cm³/mol. The fourth-order valence-electron chi connectivity index (χ4n) is 2.15. The van der Waals surface area contributed by atoms with E-state index in [-0.39, 0.29) is 12.5 Å². The predicted octanol–water partition coefficient (Wildman–Crippen LogP) is 4.55. The molecule has 0 saturated carbocycles. The quantitative estimate of drug-likeness (QED) is 0.636. The second-order valence-electron chi connectivity index (χ2n) is 5.20. The third-order valence-electron chi connectivity index (χ3n) is 3.32. The molecule has 0 unspecified atom stereocenters. The van der Waals surface area contributed by atoms with Crippen molar-refractivity contribution in [1.82, 2.24) is 4.98 Å². The molecule has 2 aromatic carbocycles. The van der Waals surface area contributed by atoms with E-state index < -0.39 is 0 Å². The molecule has 0 saturated heterocycles. The van der Waals surface area contributed by atoms with Crippen LogP contribution in [0.2, 0.25) is 0 Å². The van der Waals surface area contributed by atoms with Crippen molar-refractivity contribution in [2.75, 3.05) is 17.2 Å². The topological polar surface area (TPSA) is 54.0 Å². The molecule has 0 aliphatic rings. The van der Waals surface area contributed by atoms with E-state index in [1.54, 1.807) is 0 Å². The van der Waals surface area contributed by atoms with Crippen molar-refractivity contribution in [3.05, 3.63) is 75.7 Å². The zero-order valence-corrected chi connectivity index (χ0v) is 15.2. The molecule has 1 amide bonds. The van der Waals surface area contributed by atoms with Crippen molar-refractivity contribution in [2.24, 2.45) is 0 Å². The summed E-state index contributed by atoms with van der Waals surface area (Å²) in [5.41, 5.74) is 2.13. The third kappa shape index (κ3) is 4.91. The molecular weight excluding hydrogens is 386 g/mol. The van der Waals surface area contributed by atoms with Crippen LogP contribution in [0.1, 0.15) is 10.4 Å². The van der Waals surface area contributed by atoms with Crippen LogP contribution in [0.15, 0.2) is 65.3 Å². The zero-order chi connectivity index (χ0) is 16.8. The Kier molecular flexibility index (Phi) is 5.61. The number of nitrogens with zero attached hydrogens (tertiary/aromatic N) is 1. The lowest BCUT2D eigenvalue weighted by atomic mass is 10.1. The van der Waals surface area contributed by atoms with Crippen molar-refractivity contribution in [1.29, 1.82) is 0 Å². The fourth-order valence-corrected chi connectivity index (χ4v) is 3.28. The molecule has 0 aliphatic carbocycles. The molecule has 24 heavy (non-hydrogen) atoms. The van der Waals surface area contributed by atoms with E-state index in [9.17, 15) is 4.79 Å². The molecule has 0 bridgehead atoms. The number of carbonyl (C=O) groups is 1. The van der Waals surface area contributed by atoms with Crippen molar-refractivity contribution < 1.29 is 4.79 Å². The SMILES string of the molecule is O=C(CNc1ccccc1)Nc1ncc(Cc2ccc(Br)cc2)s1. The first-order valence-corrected chi connectivity index (χ1v) is 9.08. The molecule has 0 spiro atoms. The lowest BCUT2D eigenvalue weighted by Crippen LogP contribution is -2.21. The summed E-state index contributed by atoms with van der Waals surface area (Å²) in [6, 6.07) is 17.8. The molecule has 2 N–H and O–H groups in total. The van der Waals surface area contributed by atoms with Crippen molar-refractivity contribution in [2.45, 2.75) is 6.42 Å². The normalized spacial score (nSPS) is 10.4. The maximum Gasteiger partial charge on any atom is 0.245 e. The molecule has 0 aliphatic heterocycles. The van der Waals surface area contributed by atoms with Gasteiger partial charge < -0.3 is 10.6 Å². The van der Waals surface area contributed by atoms with E-state index in [0.717, 1.165) is 21.5 Å². The number of aromatic nitrogens is 1. The van der Waals surface area contributed by atoms with Gasteiger partial charge in [-0.25, -0.2) is 4.98 Å². The van der Waals surface area contributed by atoms with E-state index >= 15 is 0 Å². The minimum Gasteiger partial charge on any atom is -0.376 e. The smallest absolute Gasteiger partial charge is 0.245 e. The van der Waals surface area contributed by atoms with Crippen LogP contribution >= 0.6 is 27.3 Å². The lowest BCUT2D eigenvalue weighted by Gasteiger charge is -2.05. The van der Waals surface area contributed by atoms with Crippen LogP contribution < -0.4 is 10.6 Å². The summed E-state index contributed by atoms with van der Waals surface area (Å²) in [7, 11) is 0. The van der Waals surface area contributed by atoms with E-state index in [2.05, 4.69) is 43.7 Å². The van der Waals surface area contributed by atoms with E-state index in [1.165, 1.54) is 16.9 Å². The number of halogens is 1. The number of benzene rings is 2. The van der Waals surface area contributed by atoms with Gasteiger partial charge in [0.25, 0.3) is 0 Å². The van der Waals surface area contributed by atoms with Crippen LogP contribution in [0.3, 0.4) is 0 Å². The van der Waals surface area contributed by atoms with Gasteiger partial charge >= 0.3 is 0 Å². The van der Waals surface area contributed by atoms with E-state index in [4.69, 9.17) is 0 Å². The number of anilines is 2. The molecule has 0 fully saturated rings. The van der Waals surface area contributed by atoms with E-state index in [1.807, 2.05) is 48.7 Å². The standard InChI is InChI=1S/C18H16BrN3OS/c19-14-8-6-13(7-9-14)10-16-11-21-18(24-16)22-17(23)12-20-15-4-2-1-3-5-15/h1-9,11,20H,10,12H2,(H,21,22,23). The van der Waals surface area contributed by atoms with Crippen LogP contribution in [0.25, 0.3) is 0 Å². The maximum atomic E-state index is 12.0. The molecule has 1 aromatic heterocycles. The summed E-state index contributed by atoms with van der Waals surface area (Å²) in [5, 5.41) is 6.53. The molecule has 3 rings (SSSR count). The molecule has 0 atom stereocenters. The van der Waals surface area contributed by atoms with E-state index in [0.29, 0.717) is 5.13 Å².